The second kappa shape index (κ2) is 14.3. The minimum Gasteiger partial charge on any atom is -0.444 e. The number of nitrogens with one attached hydrogen (secondary N) is 2. The number of carbonyl (C=O) groups is 3. The van der Waals surface area contributed by atoms with E-state index < -0.39 is 23.8 Å². The van der Waals surface area contributed by atoms with Gasteiger partial charge in [-0.2, -0.15) is 11.8 Å². The smallest absolute Gasteiger partial charge is 0.408 e. The van der Waals surface area contributed by atoms with Crippen LogP contribution in [-0.2, 0) is 14.3 Å². The number of terminal acetylenes is 1. The number of rotatable bonds is 10. The quantitative estimate of drug-likeness (QED) is 0.415. The van der Waals surface area contributed by atoms with Gasteiger partial charge in [-0.05, 0) is 77.5 Å². The van der Waals surface area contributed by atoms with Gasteiger partial charge < -0.3 is 20.3 Å². The van der Waals surface area contributed by atoms with Crippen LogP contribution in [-0.4, -0.2) is 58.5 Å². The lowest BCUT2D eigenvalue weighted by Crippen LogP contribution is -2.56. The predicted molar refractivity (Wildman–Crippen MR) is 150 cm³/mol. The summed E-state index contributed by atoms with van der Waals surface area (Å²) in [4.78, 5) is 42.2. The highest BCUT2D eigenvalue weighted by Gasteiger charge is 2.39. The zero-order valence-corrected chi connectivity index (χ0v) is 24.0. The summed E-state index contributed by atoms with van der Waals surface area (Å²) in [7, 11) is 0. The van der Waals surface area contributed by atoms with Crippen molar-refractivity contribution in [2.45, 2.75) is 103 Å². The Balaban J connectivity index is 2.48. The number of alkyl carbamates (subject to hydrolysis) is 1. The Morgan fingerprint density at radius 3 is 2.38 bits per heavy atom. The van der Waals surface area contributed by atoms with E-state index in [4.69, 9.17) is 11.2 Å². The Kier molecular flexibility index (Phi) is 11.8. The SMILES string of the molecule is C#Cc1ccccc1C(C(=O)NC1CCCCC1)N(C(=O)C(CCSC)NC(=O)OC(C)(C)C)C(C)C. The molecule has 2 atom stereocenters. The number of amides is 3. The zero-order valence-electron chi connectivity index (χ0n) is 23.1. The molecule has 7 nitrogen and oxygen atoms in total. The van der Waals surface area contributed by atoms with Gasteiger partial charge in [-0.25, -0.2) is 4.79 Å². The minimum atomic E-state index is -0.932. The Bertz CT molecular complexity index is 961. The van der Waals surface area contributed by atoms with Gasteiger partial charge in [-0.1, -0.05) is 43.4 Å². The molecule has 1 fully saturated rings. The van der Waals surface area contributed by atoms with Crippen molar-refractivity contribution in [3.63, 3.8) is 0 Å². The lowest BCUT2D eigenvalue weighted by molar-refractivity contribution is -0.145. The van der Waals surface area contributed by atoms with E-state index in [9.17, 15) is 14.4 Å². The first-order valence-corrected chi connectivity index (χ1v) is 14.5. The Morgan fingerprint density at radius 1 is 1.16 bits per heavy atom. The molecule has 0 aliphatic heterocycles. The van der Waals surface area contributed by atoms with Gasteiger partial charge in [0.05, 0.1) is 0 Å². The Morgan fingerprint density at radius 2 is 1.81 bits per heavy atom. The van der Waals surface area contributed by atoms with Crippen molar-refractivity contribution in [3.8, 4) is 12.3 Å². The van der Waals surface area contributed by atoms with Gasteiger partial charge in [-0.15, -0.1) is 6.42 Å². The summed E-state index contributed by atoms with van der Waals surface area (Å²) in [5, 5.41) is 5.96. The van der Waals surface area contributed by atoms with Crippen LogP contribution in [0.3, 0.4) is 0 Å². The van der Waals surface area contributed by atoms with Gasteiger partial charge in [0.15, 0.2) is 0 Å². The van der Waals surface area contributed by atoms with Crippen LogP contribution in [0.5, 0.6) is 0 Å². The third-order valence-electron chi connectivity index (χ3n) is 6.30. The van der Waals surface area contributed by atoms with Crippen LogP contribution in [0.2, 0.25) is 0 Å². The first kappa shape index (κ1) is 30.6. The van der Waals surface area contributed by atoms with E-state index in [0.717, 1.165) is 25.7 Å². The lowest BCUT2D eigenvalue weighted by Gasteiger charge is -2.38. The molecule has 0 radical (unpaired) electrons. The number of nitrogens with zero attached hydrogens (tertiary/aromatic N) is 1. The summed E-state index contributed by atoms with van der Waals surface area (Å²) in [5.74, 6) is 2.73. The third kappa shape index (κ3) is 9.30. The summed E-state index contributed by atoms with van der Waals surface area (Å²) in [6.45, 7) is 9.06. The summed E-state index contributed by atoms with van der Waals surface area (Å²) in [5.41, 5.74) is 0.454. The zero-order chi connectivity index (χ0) is 27.6. The Hall–Kier alpha value is -2.66. The summed E-state index contributed by atoms with van der Waals surface area (Å²) < 4.78 is 5.43. The minimum absolute atomic E-state index is 0.0676. The van der Waals surface area contributed by atoms with Crippen molar-refractivity contribution in [1.29, 1.82) is 0 Å². The topological polar surface area (TPSA) is 87.7 Å². The fourth-order valence-corrected chi connectivity index (χ4v) is 5.09. The third-order valence-corrected chi connectivity index (χ3v) is 6.94. The Labute approximate surface area is 226 Å². The molecular formula is C29H43N3O4S. The fraction of sp³-hybridized carbons (Fsp3) is 0.621. The van der Waals surface area contributed by atoms with Crippen LogP contribution in [0.25, 0.3) is 0 Å². The van der Waals surface area contributed by atoms with Crippen LogP contribution < -0.4 is 10.6 Å². The van der Waals surface area contributed by atoms with E-state index in [1.54, 1.807) is 49.6 Å². The van der Waals surface area contributed by atoms with Gasteiger partial charge in [0, 0.05) is 17.6 Å². The largest absolute Gasteiger partial charge is 0.444 e. The van der Waals surface area contributed by atoms with E-state index in [2.05, 4.69) is 16.6 Å². The van der Waals surface area contributed by atoms with Crippen LogP contribution in [0.4, 0.5) is 4.79 Å². The molecule has 2 unspecified atom stereocenters. The predicted octanol–water partition coefficient (Wildman–Crippen LogP) is 5.04. The highest BCUT2D eigenvalue weighted by atomic mass is 32.2. The molecule has 0 heterocycles. The summed E-state index contributed by atoms with van der Waals surface area (Å²) >= 11 is 1.58. The van der Waals surface area contributed by atoms with E-state index in [-0.39, 0.29) is 23.9 Å². The molecule has 0 saturated heterocycles. The second-order valence-corrected chi connectivity index (χ2v) is 11.8. The van der Waals surface area contributed by atoms with Gasteiger partial charge in [-0.3, -0.25) is 9.59 Å². The van der Waals surface area contributed by atoms with Crippen molar-refractivity contribution < 1.29 is 19.1 Å². The average molecular weight is 530 g/mol. The normalized spacial score (nSPS) is 15.8. The van der Waals surface area contributed by atoms with E-state index in [1.165, 1.54) is 6.42 Å². The van der Waals surface area contributed by atoms with Crippen LogP contribution in [0.1, 0.15) is 90.3 Å². The molecule has 1 aliphatic carbocycles. The van der Waals surface area contributed by atoms with Gasteiger partial charge in [0.2, 0.25) is 11.8 Å². The first-order chi connectivity index (χ1) is 17.5. The number of ether oxygens (including phenoxy) is 1. The molecule has 1 aromatic rings. The average Bonchev–Trinajstić information content (AvgIpc) is 2.83. The highest BCUT2D eigenvalue weighted by molar-refractivity contribution is 7.98. The molecule has 0 aromatic heterocycles. The molecule has 0 spiro atoms. The van der Waals surface area contributed by atoms with Crippen LogP contribution >= 0.6 is 11.8 Å². The van der Waals surface area contributed by atoms with Crippen molar-refractivity contribution in [2.75, 3.05) is 12.0 Å². The highest BCUT2D eigenvalue weighted by Crippen LogP contribution is 2.29. The van der Waals surface area contributed by atoms with Crippen LogP contribution in [0.15, 0.2) is 24.3 Å². The van der Waals surface area contributed by atoms with Gasteiger partial charge >= 0.3 is 6.09 Å². The van der Waals surface area contributed by atoms with Crippen molar-refractivity contribution >= 4 is 29.7 Å². The molecular weight excluding hydrogens is 486 g/mol. The molecule has 37 heavy (non-hydrogen) atoms. The number of thioether (sulfide) groups is 1. The molecule has 1 aliphatic rings. The van der Waals surface area contributed by atoms with Crippen molar-refractivity contribution in [2.24, 2.45) is 0 Å². The molecule has 0 bridgehead atoms. The maximum absolute atomic E-state index is 14.1. The molecule has 3 amide bonds. The molecule has 204 valence electrons. The number of carbonyl (C=O) groups excluding carboxylic acids is 3. The summed E-state index contributed by atoms with van der Waals surface area (Å²) in [6, 6.07) is 5.18. The van der Waals surface area contributed by atoms with E-state index in [0.29, 0.717) is 23.3 Å². The lowest BCUT2D eigenvalue weighted by atomic mass is 9.93. The number of hydrogen-bond acceptors (Lipinski definition) is 5. The maximum atomic E-state index is 14.1. The van der Waals surface area contributed by atoms with E-state index in [1.807, 2.05) is 32.2 Å². The number of hydrogen-bond donors (Lipinski definition) is 2. The second-order valence-electron chi connectivity index (χ2n) is 10.8. The fourth-order valence-electron chi connectivity index (χ4n) is 4.61. The molecule has 1 aromatic carbocycles. The van der Waals surface area contributed by atoms with E-state index >= 15 is 0 Å². The van der Waals surface area contributed by atoms with Gasteiger partial charge in [0.1, 0.15) is 17.7 Å². The standard InChI is InChI=1S/C29H43N3O4S/c1-8-21-14-12-13-17-23(21)25(26(33)30-22-15-10-9-11-16-22)32(20(2)3)27(34)24(18-19-37-7)31-28(35)36-29(4,5)6/h1,12-14,17,20,22,24-25H,9-11,15-16,18-19H2,2-7H3,(H,30,33)(H,31,35). The monoisotopic (exact) mass is 529 g/mol. The molecule has 2 N–H and O–H groups in total. The maximum Gasteiger partial charge on any atom is 0.408 e. The van der Waals surface area contributed by atoms with Crippen molar-refractivity contribution in [3.05, 3.63) is 35.4 Å². The number of benzene rings is 1. The van der Waals surface area contributed by atoms with Gasteiger partial charge in [0.25, 0.3) is 0 Å². The summed E-state index contributed by atoms with van der Waals surface area (Å²) in [6.07, 6.45) is 12.6. The molecule has 8 heteroatoms. The van der Waals surface area contributed by atoms with Crippen LogP contribution in [0, 0.1) is 12.3 Å². The molecule has 1 saturated carbocycles. The van der Waals surface area contributed by atoms with Crippen molar-refractivity contribution in [1.82, 2.24) is 15.5 Å². The molecule has 2 rings (SSSR count). The first-order valence-electron chi connectivity index (χ1n) is 13.1.